The molecule has 1 aromatic heterocycles. The van der Waals surface area contributed by atoms with Crippen molar-refractivity contribution in [2.24, 2.45) is 7.05 Å². The van der Waals surface area contributed by atoms with E-state index in [-0.39, 0.29) is 16.2 Å². The zero-order chi connectivity index (χ0) is 13.3. The molecule has 1 atom stereocenters. The largest absolute Gasteiger partial charge is 0.375 e. The number of hydrogen-bond donors (Lipinski definition) is 1. The molecule has 0 saturated heterocycles. The Bertz CT molecular complexity index is 568. The van der Waals surface area contributed by atoms with Crippen LogP contribution >= 0.6 is 15.9 Å². The summed E-state index contributed by atoms with van der Waals surface area (Å²) in [5.74, 6) is -1.01. The highest BCUT2D eigenvalue weighted by Gasteiger charge is 2.13. The summed E-state index contributed by atoms with van der Waals surface area (Å²) in [4.78, 5) is 0. The fourth-order valence-electron chi connectivity index (χ4n) is 1.75. The quantitative estimate of drug-likeness (QED) is 0.876. The molecule has 0 spiro atoms. The van der Waals surface area contributed by atoms with Gasteiger partial charge in [0.15, 0.2) is 0 Å². The molecule has 96 valence electrons. The first kappa shape index (κ1) is 13.0. The van der Waals surface area contributed by atoms with Gasteiger partial charge in [-0.3, -0.25) is 4.68 Å². The summed E-state index contributed by atoms with van der Waals surface area (Å²) in [5, 5.41) is 6.96. The van der Waals surface area contributed by atoms with E-state index < -0.39 is 11.6 Å². The van der Waals surface area contributed by atoms with Gasteiger partial charge in [0.2, 0.25) is 0 Å². The zero-order valence-corrected chi connectivity index (χ0v) is 11.5. The van der Waals surface area contributed by atoms with Gasteiger partial charge in [0, 0.05) is 19.3 Å². The Balaban J connectivity index is 2.24. The molecule has 1 heterocycles. The Morgan fingerprint density at radius 1 is 1.33 bits per heavy atom. The monoisotopic (exact) mass is 315 g/mol. The molecule has 1 N–H and O–H groups in total. The molecule has 0 amide bonds. The van der Waals surface area contributed by atoms with Crippen LogP contribution in [0.4, 0.5) is 14.5 Å². The normalized spacial score (nSPS) is 12.5. The number of aromatic nitrogens is 2. The van der Waals surface area contributed by atoms with E-state index in [1.165, 1.54) is 0 Å². The third-order valence-corrected chi connectivity index (χ3v) is 3.29. The lowest BCUT2D eigenvalue weighted by molar-refractivity contribution is 0.593. The molecule has 6 heteroatoms. The molecule has 2 rings (SSSR count). The van der Waals surface area contributed by atoms with Gasteiger partial charge in [-0.05, 0) is 35.0 Å². The third-order valence-electron chi connectivity index (χ3n) is 2.68. The van der Waals surface area contributed by atoms with Gasteiger partial charge in [-0.2, -0.15) is 5.10 Å². The van der Waals surface area contributed by atoms with Crippen LogP contribution < -0.4 is 5.32 Å². The molecule has 2 aromatic rings. The summed E-state index contributed by atoms with van der Waals surface area (Å²) in [6.07, 6.45) is 1.66. The molecular weight excluding hydrogens is 304 g/mol. The Hall–Kier alpha value is -1.43. The van der Waals surface area contributed by atoms with Gasteiger partial charge in [0.25, 0.3) is 0 Å². The number of rotatable bonds is 3. The fourth-order valence-corrected chi connectivity index (χ4v) is 2.06. The van der Waals surface area contributed by atoms with Gasteiger partial charge >= 0.3 is 0 Å². The maximum atomic E-state index is 13.7. The van der Waals surface area contributed by atoms with E-state index in [4.69, 9.17) is 0 Å². The van der Waals surface area contributed by atoms with Crippen molar-refractivity contribution in [2.75, 3.05) is 5.32 Å². The van der Waals surface area contributed by atoms with Crippen molar-refractivity contribution in [3.8, 4) is 0 Å². The van der Waals surface area contributed by atoms with Crippen molar-refractivity contribution < 1.29 is 8.78 Å². The first-order chi connectivity index (χ1) is 8.49. The molecule has 0 aliphatic carbocycles. The lowest BCUT2D eigenvalue weighted by Crippen LogP contribution is -2.12. The minimum atomic E-state index is -0.504. The van der Waals surface area contributed by atoms with Crippen molar-refractivity contribution in [2.45, 2.75) is 13.0 Å². The Kier molecular flexibility index (Phi) is 3.65. The second kappa shape index (κ2) is 5.06. The van der Waals surface area contributed by atoms with E-state index in [0.717, 1.165) is 17.8 Å². The standard InChI is InChI=1S/C12H12BrF2N3/c1-7(12-3-4-16-18(12)2)17-11-6-9(14)8(13)5-10(11)15/h3-7,17H,1-2H3. The van der Waals surface area contributed by atoms with Crippen LogP contribution in [0.1, 0.15) is 18.7 Å². The van der Waals surface area contributed by atoms with Crippen LogP contribution in [-0.4, -0.2) is 9.78 Å². The number of nitrogens with zero attached hydrogens (tertiary/aromatic N) is 2. The highest BCUT2D eigenvalue weighted by molar-refractivity contribution is 9.10. The summed E-state index contributed by atoms with van der Waals surface area (Å²) in [6.45, 7) is 1.86. The summed E-state index contributed by atoms with van der Waals surface area (Å²) in [7, 11) is 1.80. The minimum absolute atomic E-state index is 0.110. The smallest absolute Gasteiger partial charge is 0.147 e. The number of anilines is 1. The van der Waals surface area contributed by atoms with Gasteiger partial charge in [-0.25, -0.2) is 8.78 Å². The van der Waals surface area contributed by atoms with Crippen LogP contribution in [0.25, 0.3) is 0 Å². The molecule has 18 heavy (non-hydrogen) atoms. The molecule has 0 bridgehead atoms. The number of benzene rings is 1. The average Bonchev–Trinajstić information content (AvgIpc) is 2.72. The summed E-state index contributed by atoms with van der Waals surface area (Å²) < 4.78 is 28.8. The first-order valence-corrected chi connectivity index (χ1v) is 6.17. The SMILES string of the molecule is CC(Nc1cc(F)c(Br)cc1F)c1ccnn1C. The van der Waals surface area contributed by atoms with Gasteiger partial charge in [-0.1, -0.05) is 0 Å². The second-order valence-electron chi connectivity index (χ2n) is 3.99. The van der Waals surface area contributed by atoms with E-state index in [2.05, 4.69) is 26.3 Å². The lowest BCUT2D eigenvalue weighted by atomic mass is 10.2. The zero-order valence-electron chi connectivity index (χ0n) is 9.92. The third kappa shape index (κ3) is 2.53. The van der Waals surface area contributed by atoms with Crippen LogP contribution in [0.15, 0.2) is 28.9 Å². The Labute approximate surface area is 112 Å². The molecule has 0 aliphatic heterocycles. The Morgan fingerprint density at radius 3 is 2.67 bits per heavy atom. The van der Waals surface area contributed by atoms with Gasteiger partial charge in [0.05, 0.1) is 21.9 Å². The van der Waals surface area contributed by atoms with Crippen molar-refractivity contribution in [1.29, 1.82) is 0 Å². The van der Waals surface area contributed by atoms with Crippen LogP contribution in [0.2, 0.25) is 0 Å². The highest BCUT2D eigenvalue weighted by atomic mass is 79.9. The summed E-state index contributed by atoms with van der Waals surface area (Å²) in [6, 6.07) is 3.89. The summed E-state index contributed by atoms with van der Waals surface area (Å²) >= 11 is 2.94. The van der Waals surface area contributed by atoms with Crippen LogP contribution in [-0.2, 0) is 7.05 Å². The average molecular weight is 316 g/mol. The first-order valence-electron chi connectivity index (χ1n) is 5.38. The molecule has 0 fully saturated rings. The molecule has 1 unspecified atom stereocenters. The number of halogens is 3. The fraction of sp³-hybridized carbons (Fsp3) is 0.250. The van der Waals surface area contributed by atoms with Crippen LogP contribution in [0, 0.1) is 11.6 Å². The predicted molar refractivity (Wildman–Crippen MR) is 69.3 cm³/mol. The van der Waals surface area contributed by atoms with Crippen LogP contribution in [0.5, 0.6) is 0 Å². The molecule has 3 nitrogen and oxygen atoms in total. The highest BCUT2D eigenvalue weighted by Crippen LogP contribution is 2.26. The Morgan fingerprint density at radius 2 is 2.06 bits per heavy atom. The maximum absolute atomic E-state index is 13.7. The van der Waals surface area contributed by atoms with Gasteiger partial charge < -0.3 is 5.32 Å². The topological polar surface area (TPSA) is 29.9 Å². The number of hydrogen-bond acceptors (Lipinski definition) is 2. The van der Waals surface area contributed by atoms with Gasteiger partial charge in [-0.15, -0.1) is 0 Å². The maximum Gasteiger partial charge on any atom is 0.147 e. The van der Waals surface area contributed by atoms with Crippen LogP contribution in [0.3, 0.4) is 0 Å². The van der Waals surface area contributed by atoms with E-state index in [1.807, 2.05) is 13.0 Å². The molecule has 0 radical (unpaired) electrons. The molecule has 0 saturated carbocycles. The molecule has 1 aromatic carbocycles. The van der Waals surface area contributed by atoms with E-state index in [1.54, 1.807) is 17.9 Å². The minimum Gasteiger partial charge on any atom is -0.375 e. The molecular formula is C12H12BrF2N3. The van der Waals surface area contributed by atoms with E-state index >= 15 is 0 Å². The van der Waals surface area contributed by atoms with Gasteiger partial charge in [0.1, 0.15) is 11.6 Å². The predicted octanol–water partition coefficient (Wildman–Crippen LogP) is 3.63. The van der Waals surface area contributed by atoms with Crippen molar-refractivity contribution in [3.05, 3.63) is 46.2 Å². The number of aryl methyl sites for hydroxylation is 1. The second-order valence-corrected chi connectivity index (χ2v) is 4.85. The summed E-state index contributed by atoms with van der Waals surface area (Å²) in [5.41, 5.74) is 1.02. The van der Waals surface area contributed by atoms with E-state index in [0.29, 0.717) is 0 Å². The van der Waals surface area contributed by atoms with Crippen molar-refractivity contribution in [3.63, 3.8) is 0 Å². The molecule has 0 aliphatic rings. The van der Waals surface area contributed by atoms with Crippen molar-refractivity contribution in [1.82, 2.24) is 9.78 Å². The van der Waals surface area contributed by atoms with Crippen molar-refractivity contribution >= 4 is 21.6 Å². The lowest BCUT2D eigenvalue weighted by Gasteiger charge is -2.16. The number of nitrogens with one attached hydrogen (secondary N) is 1. The van der Waals surface area contributed by atoms with E-state index in [9.17, 15) is 8.78 Å².